The van der Waals surface area contributed by atoms with Gasteiger partial charge in [-0.25, -0.2) is 9.52 Å². The van der Waals surface area contributed by atoms with Crippen LogP contribution < -0.4 is 14.8 Å². The quantitative estimate of drug-likeness (QED) is 0.568. The van der Waals surface area contributed by atoms with Crippen molar-refractivity contribution in [2.45, 2.75) is 13.8 Å². The summed E-state index contributed by atoms with van der Waals surface area (Å²) >= 11 is 1.19. The van der Waals surface area contributed by atoms with Crippen molar-refractivity contribution in [2.75, 3.05) is 5.32 Å². The normalized spacial score (nSPS) is 10.5. The van der Waals surface area contributed by atoms with Crippen molar-refractivity contribution >= 4 is 34.1 Å². The maximum Gasteiger partial charge on any atom is 0.386 e. The molecular weight excluding hydrogens is 328 g/mol. The minimum Gasteiger partial charge on any atom is -0.710 e. The average Bonchev–Trinajstić information content (AvgIpc) is 3.09. The molecule has 2 heterocycles. The molecule has 0 aliphatic carbocycles. The van der Waals surface area contributed by atoms with E-state index in [1.165, 1.54) is 11.3 Å². The molecule has 0 saturated heterocycles. The van der Waals surface area contributed by atoms with Gasteiger partial charge < -0.3 is 10.4 Å². The molecule has 0 aliphatic rings. The molecule has 0 atom stereocenters. The summed E-state index contributed by atoms with van der Waals surface area (Å²) in [6, 6.07) is 8.09. The van der Waals surface area contributed by atoms with Gasteiger partial charge in [-0.15, -0.1) is 16.1 Å². The number of benzene rings is 1. The van der Waals surface area contributed by atoms with Crippen molar-refractivity contribution in [2.24, 2.45) is 0 Å². The van der Waals surface area contributed by atoms with Crippen molar-refractivity contribution in [1.82, 2.24) is 0 Å². The van der Waals surface area contributed by atoms with Crippen LogP contribution in [0, 0.1) is 35.6 Å². The van der Waals surface area contributed by atoms with Crippen LogP contribution in [0.2, 0.25) is 0 Å². The lowest BCUT2D eigenvalue weighted by Gasteiger charge is -2.13. The van der Waals surface area contributed by atoms with Gasteiger partial charge in [-0.1, -0.05) is 6.07 Å². The number of rotatable bonds is 2. The van der Waals surface area contributed by atoms with E-state index in [1.54, 1.807) is 35.7 Å². The van der Waals surface area contributed by atoms with Gasteiger partial charge in [0.1, 0.15) is 4.88 Å². The van der Waals surface area contributed by atoms with Crippen LogP contribution in [0.3, 0.4) is 0 Å². The third kappa shape index (κ3) is 2.41. The second-order valence-electron chi connectivity index (χ2n) is 5.25. The zero-order valence-electron chi connectivity index (χ0n) is 12.9. The maximum absolute atomic E-state index is 12.6. The molecule has 24 heavy (non-hydrogen) atoms. The van der Waals surface area contributed by atoms with E-state index in [2.05, 4.69) is 5.32 Å². The highest BCUT2D eigenvalue weighted by Crippen LogP contribution is 2.18. The Morgan fingerprint density at radius 3 is 2.38 bits per heavy atom. The van der Waals surface area contributed by atoms with E-state index in [4.69, 9.17) is 0 Å². The molecule has 2 aromatic heterocycles. The Morgan fingerprint density at radius 1 is 1.21 bits per heavy atom. The summed E-state index contributed by atoms with van der Waals surface area (Å²) in [4.78, 5) is 12.6. The van der Waals surface area contributed by atoms with Crippen LogP contribution in [-0.4, -0.2) is 5.91 Å². The lowest BCUT2D eigenvalue weighted by molar-refractivity contribution is -0.620. The van der Waals surface area contributed by atoms with Crippen LogP contribution in [0.5, 0.6) is 0 Å². The highest BCUT2D eigenvalue weighted by atomic mass is 32.1. The minimum atomic E-state index is -0.547. The first-order valence-electron chi connectivity index (χ1n) is 6.99. The molecule has 3 aromatic rings. The molecule has 0 spiro atoms. The Bertz CT molecular complexity index is 1010. The number of aromatic nitrogens is 2. The molecule has 0 aliphatic heterocycles. The fourth-order valence-corrected chi connectivity index (χ4v) is 2.95. The topological polar surface area (TPSA) is 107 Å². The van der Waals surface area contributed by atoms with Crippen molar-refractivity contribution in [1.29, 1.82) is 5.26 Å². The van der Waals surface area contributed by atoms with Gasteiger partial charge in [0.15, 0.2) is 6.07 Å². The van der Waals surface area contributed by atoms with E-state index in [0.29, 0.717) is 14.3 Å². The molecule has 0 saturated carbocycles. The number of hydrogen-bond donors (Lipinski definition) is 1. The lowest BCUT2D eigenvalue weighted by atomic mass is 10.1. The van der Waals surface area contributed by atoms with Crippen molar-refractivity contribution in [3.63, 3.8) is 0 Å². The molecule has 0 bridgehead atoms. The molecule has 1 aromatic carbocycles. The molecule has 0 unspecified atom stereocenters. The SMILES string of the molecule is Cc1cc2c(cc1C)[n+]([O-])c(NC(=O)c1cccs1)c(C#N)[n+]2[O-]. The van der Waals surface area contributed by atoms with Gasteiger partial charge in [0.2, 0.25) is 5.52 Å². The predicted octanol–water partition coefficient (Wildman–Crippen LogP) is 1.91. The van der Waals surface area contributed by atoms with E-state index in [1.807, 2.05) is 13.8 Å². The van der Waals surface area contributed by atoms with Crippen LogP contribution in [-0.2, 0) is 0 Å². The highest BCUT2D eigenvalue weighted by molar-refractivity contribution is 7.12. The van der Waals surface area contributed by atoms with Crippen LogP contribution in [0.4, 0.5) is 5.82 Å². The third-order valence-electron chi connectivity index (χ3n) is 3.74. The van der Waals surface area contributed by atoms with E-state index in [9.17, 15) is 20.5 Å². The first kappa shape index (κ1) is 15.7. The van der Waals surface area contributed by atoms with Crippen molar-refractivity contribution in [3.05, 3.63) is 61.8 Å². The fourth-order valence-electron chi connectivity index (χ4n) is 2.33. The number of anilines is 1. The number of fused-ring (bicyclic) bond motifs is 1. The summed E-state index contributed by atoms with van der Waals surface area (Å²) in [5.74, 6) is -0.920. The van der Waals surface area contributed by atoms with Crippen LogP contribution in [0.15, 0.2) is 29.6 Å². The van der Waals surface area contributed by atoms with Gasteiger partial charge in [0, 0.05) is 6.07 Å². The first-order valence-corrected chi connectivity index (χ1v) is 7.87. The number of hydrogen-bond acceptors (Lipinski definition) is 5. The number of carbonyl (C=O) groups is 1. The summed E-state index contributed by atoms with van der Waals surface area (Å²) in [6.45, 7) is 3.62. The number of amides is 1. The molecule has 1 amide bonds. The third-order valence-corrected chi connectivity index (χ3v) is 4.61. The highest BCUT2D eigenvalue weighted by Gasteiger charge is 2.30. The van der Waals surface area contributed by atoms with Crippen molar-refractivity contribution < 1.29 is 14.3 Å². The van der Waals surface area contributed by atoms with Crippen LogP contribution >= 0.6 is 11.3 Å². The summed E-state index contributed by atoms with van der Waals surface area (Å²) in [7, 11) is 0. The van der Waals surface area contributed by atoms with Crippen LogP contribution in [0.25, 0.3) is 11.0 Å². The molecule has 0 radical (unpaired) electrons. The Kier molecular flexibility index (Phi) is 3.79. The molecule has 3 rings (SSSR count). The molecular formula is C16H12N4O3S. The van der Waals surface area contributed by atoms with Gasteiger partial charge in [-0.3, -0.25) is 0 Å². The Hall–Kier alpha value is -3.18. The molecule has 1 N–H and O–H groups in total. The van der Waals surface area contributed by atoms with E-state index in [-0.39, 0.29) is 16.9 Å². The number of nitrogens with one attached hydrogen (secondary N) is 1. The zero-order chi connectivity index (χ0) is 17.4. The molecule has 7 nitrogen and oxygen atoms in total. The summed E-state index contributed by atoms with van der Waals surface area (Å²) in [5.41, 5.74) is 1.37. The van der Waals surface area contributed by atoms with Gasteiger partial charge >= 0.3 is 17.4 Å². The Balaban J connectivity index is 2.24. The minimum absolute atomic E-state index is 0.0822. The van der Waals surface area contributed by atoms with Crippen LogP contribution in [0.1, 0.15) is 26.5 Å². The second kappa shape index (κ2) is 5.79. The van der Waals surface area contributed by atoms with Gasteiger partial charge in [0.05, 0.1) is 0 Å². The average molecular weight is 340 g/mol. The number of nitrogens with zero attached hydrogens (tertiary/aromatic N) is 3. The fraction of sp³-hybridized carbons (Fsp3) is 0.125. The van der Waals surface area contributed by atoms with Gasteiger partial charge in [-0.05, 0) is 42.5 Å². The Labute approximate surface area is 141 Å². The van der Waals surface area contributed by atoms with Gasteiger partial charge in [0.25, 0.3) is 5.52 Å². The Morgan fingerprint density at radius 2 is 1.83 bits per heavy atom. The number of carbonyl (C=O) groups excluding carboxylic acids is 1. The smallest absolute Gasteiger partial charge is 0.386 e. The first-order chi connectivity index (χ1) is 11.4. The number of aryl methyl sites for hydroxylation is 2. The largest absolute Gasteiger partial charge is 0.710 e. The molecule has 120 valence electrons. The standard InChI is InChI=1S/C16H12N4O3S/c1-9-6-11-12(7-10(9)2)20(23)15(13(8-17)19(11)22)18-16(21)14-4-3-5-24-14/h3-7H,1-2H3,(H,18,21). The van der Waals surface area contributed by atoms with E-state index < -0.39 is 11.6 Å². The monoisotopic (exact) mass is 340 g/mol. The number of nitriles is 1. The molecule has 8 heteroatoms. The molecule has 0 fully saturated rings. The summed E-state index contributed by atoms with van der Waals surface area (Å²) < 4.78 is 0.792. The van der Waals surface area contributed by atoms with Crippen molar-refractivity contribution in [3.8, 4) is 6.07 Å². The van der Waals surface area contributed by atoms with Gasteiger partial charge in [-0.2, -0.15) is 10.6 Å². The predicted molar refractivity (Wildman–Crippen MR) is 88.3 cm³/mol. The maximum atomic E-state index is 12.6. The van der Waals surface area contributed by atoms with E-state index >= 15 is 0 Å². The lowest BCUT2D eigenvalue weighted by Crippen LogP contribution is -2.44. The zero-order valence-corrected chi connectivity index (χ0v) is 13.7. The summed E-state index contributed by atoms with van der Waals surface area (Å²) in [5, 5.41) is 38.5. The second-order valence-corrected chi connectivity index (χ2v) is 6.20. The number of thiophene rings is 1. The van der Waals surface area contributed by atoms with E-state index in [0.717, 1.165) is 11.1 Å². The summed E-state index contributed by atoms with van der Waals surface area (Å²) in [6.07, 6.45) is 0.